The van der Waals surface area contributed by atoms with E-state index in [0.29, 0.717) is 0 Å². The molecule has 1 aromatic rings. The quantitative estimate of drug-likeness (QED) is 0.877. The number of anilines is 2. The highest BCUT2D eigenvalue weighted by molar-refractivity contribution is 8.00. The molecule has 5 heteroatoms. The summed E-state index contributed by atoms with van der Waals surface area (Å²) in [6, 6.07) is 5.73. The van der Waals surface area contributed by atoms with Crippen LogP contribution in [0.2, 0.25) is 0 Å². The normalized spacial score (nSPS) is 22.3. The van der Waals surface area contributed by atoms with Crippen LogP contribution < -0.4 is 10.6 Å². The maximum atomic E-state index is 12.2. The lowest BCUT2D eigenvalue weighted by Crippen LogP contribution is -2.27. The molecule has 0 radical (unpaired) electrons. The Kier molecular flexibility index (Phi) is 4.19. The molecule has 1 aromatic carbocycles. The standard InChI is InChI=1S/C16H20N2O2S/c1-10-15(19)18-13-9-12(7-8-14(13)21-10)17-16(20)11-5-3-2-4-6-11/h7-11H,2-6H2,1H3,(H,17,20)(H,18,19). The van der Waals surface area contributed by atoms with Gasteiger partial charge in [0.2, 0.25) is 11.8 Å². The molecule has 1 atom stereocenters. The first-order valence-electron chi connectivity index (χ1n) is 7.56. The minimum atomic E-state index is -0.0693. The first-order valence-corrected chi connectivity index (χ1v) is 8.44. The lowest BCUT2D eigenvalue weighted by molar-refractivity contribution is -0.120. The second-order valence-corrected chi connectivity index (χ2v) is 7.17. The van der Waals surface area contributed by atoms with Crippen LogP contribution in [0.5, 0.6) is 0 Å². The highest BCUT2D eigenvalue weighted by Crippen LogP contribution is 2.37. The van der Waals surface area contributed by atoms with Crippen molar-refractivity contribution in [2.45, 2.75) is 49.2 Å². The van der Waals surface area contributed by atoms with E-state index in [0.717, 1.165) is 42.0 Å². The molecule has 2 amide bonds. The third kappa shape index (κ3) is 3.23. The van der Waals surface area contributed by atoms with Crippen molar-refractivity contribution in [1.29, 1.82) is 0 Å². The molecule has 1 aliphatic heterocycles. The Labute approximate surface area is 129 Å². The summed E-state index contributed by atoms with van der Waals surface area (Å²) in [5.74, 6) is 0.264. The molecule has 0 spiro atoms. The van der Waals surface area contributed by atoms with Crippen molar-refractivity contribution in [1.82, 2.24) is 0 Å². The Morgan fingerprint density at radius 2 is 2.05 bits per heavy atom. The Balaban J connectivity index is 1.70. The van der Waals surface area contributed by atoms with Gasteiger partial charge in [-0.1, -0.05) is 19.3 Å². The maximum Gasteiger partial charge on any atom is 0.237 e. The minimum absolute atomic E-state index is 0.0169. The van der Waals surface area contributed by atoms with Gasteiger partial charge in [-0.05, 0) is 38.0 Å². The summed E-state index contributed by atoms with van der Waals surface area (Å²) in [6.07, 6.45) is 5.51. The van der Waals surface area contributed by atoms with Gasteiger partial charge in [-0.25, -0.2) is 0 Å². The molecule has 112 valence electrons. The molecule has 4 nitrogen and oxygen atoms in total. The van der Waals surface area contributed by atoms with Gasteiger partial charge in [-0.3, -0.25) is 9.59 Å². The fourth-order valence-corrected chi connectivity index (χ4v) is 3.83. The molecule has 0 saturated heterocycles. The highest BCUT2D eigenvalue weighted by Gasteiger charge is 2.24. The van der Waals surface area contributed by atoms with Gasteiger partial charge in [0.25, 0.3) is 0 Å². The molecule has 3 rings (SSSR count). The Hall–Kier alpha value is -1.49. The molecule has 21 heavy (non-hydrogen) atoms. The van der Waals surface area contributed by atoms with Gasteiger partial charge in [-0.15, -0.1) is 11.8 Å². The van der Waals surface area contributed by atoms with Gasteiger partial charge in [0.05, 0.1) is 10.9 Å². The second kappa shape index (κ2) is 6.10. The number of carbonyl (C=O) groups excluding carboxylic acids is 2. The average Bonchev–Trinajstić information content (AvgIpc) is 2.49. The minimum Gasteiger partial charge on any atom is -0.326 e. The van der Waals surface area contributed by atoms with Crippen molar-refractivity contribution in [3.63, 3.8) is 0 Å². The number of thioether (sulfide) groups is 1. The van der Waals surface area contributed by atoms with Crippen LogP contribution >= 0.6 is 11.8 Å². The SMILES string of the molecule is CC1Sc2ccc(NC(=O)C3CCCCC3)cc2NC1=O. The van der Waals surface area contributed by atoms with Crippen molar-refractivity contribution >= 4 is 35.0 Å². The second-order valence-electron chi connectivity index (χ2n) is 5.78. The monoisotopic (exact) mass is 304 g/mol. The van der Waals surface area contributed by atoms with Crippen LogP contribution in [0.4, 0.5) is 11.4 Å². The number of fused-ring (bicyclic) bond motifs is 1. The van der Waals surface area contributed by atoms with E-state index in [9.17, 15) is 9.59 Å². The number of carbonyl (C=O) groups is 2. The van der Waals surface area contributed by atoms with Gasteiger partial charge in [0.15, 0.2) is 0 Å². The molecule has 1 unspecified atom stereocenters. The number of amides is 2. The largest absolute Gasteiger partial charge is 0.326 e. The average molecular weight is 304 g/mol. The topological polar surface area (TPSA) is 58.2 Å². The smallest absolute Gasteiger partial charge is 0.237 e. The number of hydrogen-bond donors (Lipinski definition) is 2. The Morgan fingerprint density at radius 3 is 2.81 bits per heavy atom. The van der Waals surface area contributed by atoms with Crippen molar-refractivity contribution in [3.8, 4) is 0 Å². The van der Waals surface area contributed by atoms with Gasteiger partial charge < -0.3 is 10.6 Å². The number of rotatable bonds is 2. The van der Waals surface area contributed by atoms with Crippen LogP contribution in [0.1, 0.15) is 39.0 Å². The van der Waals surface area contributed by atoms with Crippen molar-refractivity contribution < 1.29 is 9.59 Å². The van der Waals surface area contributed by atoms with E-state index in [1.165, 1.54) is 6.42 Å². The third-order valence-electron chi connectivity index (χ3n) is 4.15. The fourth-order valence-electron chi connectivity index (χ4n) is 2.90. The molecular formula is C16H20N2O2S. The predicted octanol–water partition coefficient (Wildman–Crippen LogP) is 3.64. The van der Waals surface area contributed by atoms with Gasteiger partial charge in [-0.2, -0.15) is 0 Å². The summed E-state index contributed by atoms with van der Waals surface area (Å²) in [5, 5.41) is 5.81. The van der Waals surface area contributed by atoms with Crippen molar-refractivity contribution in [2.24, 2.45) is 5.92 Å². The number of nitrogens with one attached hydrogen (secondary N) is 2. The molecule has 1 fully saturated rings. The predicted molar refractivity (Wildman–Crippen MR) is 85.6 cm³/mol. The van der Waals surface area contributed by atoms with E-state index in [4.69, 9.17) is 0 Å². The summed E-state index contributed by atoms with van der Waals surface area (Å²) in [4.78, 5) is 25.0. The first-order chi connectivity index (χ1) is 10.1. The molecule has 1 saturated carbocycles. The van der Waals surface area contributed by atoms with Crippen molar-refractivity contribution in [3.05, 3.63) is 18.2 Å². The Bertz CT molecular complexity index is 567. The van der Waals surface area contributed by atoms with Crippen LogP contribution in [0, 0.1) is 5.92 Å². The van der Waals surface area contributed by atoms with Crippen LogP contribution in [0.15, 0.2) is 23.1 Å². The van der Waals surface area contributed by atoms with Crippen molar-refractivity contribution in [2.75, 3.05) is 10.6 Å². The third-order valence-corrected chi connectivity index (χ3v) is 5.33. The van der Waals surface area contributed by atoms with Crippen LogP contribution in [0.3, 0.4) is 0 Å². The maximum absolute atomic E-state index is 12.2. The Morgan fingerprint density at radius 1 is 1.29 bits per heavy atom. The lowest BCUT2D eigenvalue weighted by Gasteiger charge is -2.23. The van der Waals surface area contributed by atoms with E-state index < -0.39 is 0 Å². The number of hydrogen-bond acceptors (Lipinski definition) is 3. The fraction of sp³-hybridized carbons (Fsp3) is 0.500. The molecule has 1 aliphatic carbocycles. The van der Waals surface area contributed by atoms with Gasteiger partial charge in [0, 0.05) is 16.5 Å². The van der Waals surface area contributed by atoms with Gasteiger partial charge >= 0.3 is 0 Å². The molecule has 2 aliphatic rings. The zero-order valence-electron chi connectivity index (χ0n) is 12.1. The zero-order chi connectivity index (χ0) is 14.8. The molecule has 1 heterocycles. The zero-order valence-corrected chi connectivity index (χ0v) is 13.0. The molecular weight excluding hydrogens is 284 g/mol. The number of benzene rings is 1. The van der Waals surface area contributed by atoms with Crippen LogP contribution in [0.25, 0.3) is 0 Å². The molecule has 0 bridgehead atoms. The summed E-state index contributed by atoms with van der Waals surface area (Å²) >= 11 is 1.55. The first kappa shape index (κ1) is 14.4. The van der Waals surface area contributed by atoms with E-state index >= 15 is 0 Å². The molecule has 0 aromatic heterocycles. The summed E-state index contributed by atoms with van der Waals surface area (Å²) in [5.41, 5.74) is 1.56. The summed E-state index contributed by atoms with van der Waals surface area (Å²) in [6.45, 7) is 1.89. The van der Waals surface area contributed by atoms with E-state index in [2.05, 4.69) is 10.6 Å². The van der Waals surface area contributed by atoms with E-state index in [1.807, 2.05) is 25.1 Å². The summed E-state index contributed by atoms with van der Waals surface area (Å²) < 4.78 is 0. The van der Waals surface area contributed by atoms with Crippen LogP contribution in [-0.4, -0.2) is 17.1 Å². The van der Waals surface area contributed by atoms with Gasteiger partial charge in [0.1, 0.15) is 0 Å². The van der Waals surface area contributed by atoms with E-state index in [-0.39, 0.29) is 23.0 Å². The van der Waals surface area contributed by atoms with Crippen LogP contribution in [-0.2, 0) is 9.59 Å². The summed E-state index contributed by atoms with van der Waals surface area (Å²) in [7, 11) is 0. The molecule has 2 N–H and O–H groups in total. The van der Waals surface area contributed by atoms with E-state index in [1.54, 1.807) is 11.8 Å². The lowest BCUT2D eigenvalue weighted by atomic mass is 9.88. The highest BCUT2D eigenvalue weighted by atomic mass is 32.2.